The smallest absolute Gasteiger partial charge is 0.306 e. The molecule has 0 radical (unpaired) electrons. The van der Waals surface area contributed by atoms with Gasteiger partial charge in [-0.3, -0.25) is 9.59 Å². The molecule has 0 heterocycles. The fourth-order valence-electron chi connectivity index (χ4n) is 10.7. The Morgan fingerprint density at radius 3 is 0.620 bits per heavy atom. The number of hydrogen-bond acceptors (Lipinski definition) is 5. The van der Waals surface area contributed by atoms with Crippen LogP contribution in [0.2, 0.25) is 0 Å². The fourth-order valence-corrected chi connectivity index (χ4v) is 10.7. The van der Waals surface area contributed by atoms with Gasteiger partial charge in [-0.05, 0) is 12.8 Å². The summed E-state index contributed by atoms with van der Waals surface area (Å²) in [6.07, 6.45) is 78.6. The minimum Gasteiger partial charge on any atom is -0.462 e. The van der Waals surface area contributed by atoms with Gasteiger partial charge in [-0.25, -0.2) is 0 Å². The van der Waals surface area contributed by atoms with Crippen LogP contribution in [0.5, 0.6) is 0 Å². The second-order valence-corrected chi connectivity index (χ2v) is 22.9. The molecule has 0 aliphatic heterocycles. The molecule has 1 N–H and O–H groups in total. The molecule has 0 aromatic heterocycles. The highest BCUT2D eigenvalue weighted by molar-refractivity contribution is 5.70. The van der Waals surface area contributed by atoms with E-state index in [1.54, 1.807) is 0 Å². The van der Waals surface area contributed by atoms with Crippen LogP contribution in [-0.4, -0.2) is 36.4 Å². The zero-order valence-electron chi connectivity index (χ0n) is 48.8. The SMILES string of the molecule is CCCCCCCCCCCCCCCCCCCCCCCCCCCCCCCCCCCCCCCCCCC(=O)OC(CO)COC(=O)CCCCCCCCCCCCCCCCCCC. The number of rotatable bonds is 63. The molecule has 1 atom stereocenters. The molecule has 0 fully saturated rings. The van der Waals surface area contributed by atoms with Crippen LogP contribution < -0.4 is 0 Å². The number of carbonyl (C=O) groups is 2. The van der Waals surface area contributed by atoms with Gasteiger partial charge in [0, 0.05) is 12.8 Å². The van der Waals surface area contributed by atoms with Crippen molar-refractivity contribution in [2.24, 2.45) is 0 Å². The Bertz CT molecular complexity index is 999. The average molecular weight is 1000 g/mol. The Balaban J connectivity index is 3.32. The van der Waals surface area contributed by atoms with Crippen molar-refractivity contribution < 1.29 is 24.2 Å². The molecular weight excluding hydrogens is 873 g/mol. The predicted octanol–water partition coefficient (Wildman–Crippen LogP) is 22.5. The first-order valence-electron chi connectivity index (χ1n) is 33.1. The highest BCUT2D eigenvalue weighted by Crippen LogP contribution is 2.19. The Kier molecular flexibility index (Phi) is 62.2. The number of hydrogen-bond donors (Lipinski definition) is 1. The van der Waals surface area contributed by atoms with Crippen molar-refractivity contribution in [1.29, 1.82) is 0 Å². The van der Waals surface area contributed by atoms with Gasteiger partial charge in [0.15, 0.2) is 6.10 Å². The molecule has 0 spiro atoms. The molecule has 0 rings (SSSR count). The third kappa shape index (κ3) is 61.3. The van der Waals surface area contributed by atoms with Gasteiger partial charge in [0.05, 0.1) is 6.61 Å². The third-order valence-electron chi connectivity index (χ3n) is 15.7. The van der Waals surface area contributed by atoms with Gasteiger partial charge in [0.2, 0.25) is 0 Å². The first-order chi connectivity index (χ1) is 35.1. The Morgan fingerprint density at radius 1 is 0.268 bits per heavy atom. The van der Waals surface area contributed by atoms with E-state index in [9.17, 15) is 14.7 Å². The highest BCUT2D eigenvalue weighted by atomic mass is 16.6. The second-order valence-electron chi connectivity index (χ2n) is 22.9. The number of unbranched alkanes of at least 4 members (excludes halogenated alkanes) is 55. The molecule has 5 nitrogen and oxygen atoms in total. The van der Waals surface area contributed by atoms with Crippen LogP contribution in [-0.2, 0) is 19.1 Å². The van der Waals surface area contributed by atoms with Crippen LogP contribution in [0, 0.1) is 0 Å². The monoisotopic (exact) mass is 1000 g/mol. The molecule has 0 saturated heterocycles. The Labute approximate surface area is 446 Å². The van der Waals surface area contributed by atoms with Crippen molar-refractivity contribution in [3.63, 3.8) is 0 Å². The lowest BCUT2D eigenvalue weighted by atomic mass is 10.0. The van der Waals surface area contributed by atoms with Gasteiger partial charge in [-0.15, -0.1) is 0 Å². The van der Waals surface area contributed by atoms with Gasteiger partial charge in [-0.2, -0.15) is 0 Å². The van der Waals surface area contributed by atoms with Gasteiger partial charge in [-0.1, -0.05) is 367 Å². The van der Waals surface area contributed by atoms with Crippen molar-refractivity contribution >= 4 is 11.9 Å². The van der Waals surface area contributed by atoms with E-state index in [0.29, 0.717) is 12.8 Å². The minimum atomic E-state index is -0.764. The molecule has 71 heavy (non-hydrogen) atoms. The molecule has 0 bridgehead atoms. The lowest BCUT2D eigenvalue weighted by Gasteiger charge is -2.15. The lowest BCUT2D eigenvalue weighted by molar-refractivity contribution is -0.161. The van der Waals surface area contributed by atoms with Gasteiger partial charge >= 0.3 is 11.9 Å². The summed E-state index contributed by atoms with van der Waals surface area (Å²) in [6.45, 7) is 4.21. The molecule has 5 heteroatoms. The topological polar surface area (TPSA) is 72.8 Å². The van der Waals surface area contributed by atoms with Gasteiger partial charge in [0.1, 0.15) is 6.61 Å². The van der Waals surface area contributed by atoms with E-state index < -0.39 is 6.10 Å². The zero-order valence-corrected chi connectivity index (χ0v) is 48.8. The normalized spacial score (nSPS) is 12.0. The van der Waals surface area contributed by atoms with Crippen molar-refractivity contribution in [3.05, 3.63) is 0 Å². The maximum Gasteiger partial charge on any atom is 0.306 e. The van der Waals surface area contributed by atoms with E-state index in [1.807, 2.05) is 0 Å². The van der Waals surface area contributed by atoms with Gasteiger partial charge < -0.3 is 14.6 Å². The van der Waals surface area contributed by atoms with E-state index in [0.717, 1.165) is 32.1 Å². The maximum absolute atomic E-state index is 12.3. The highest BCUT2D eigenvalue weighted by Gasteiger charge is 2.16. The molecule has 0 saturated carbocycles. The van der Waals surface area contributed by atoms with Gasteiger partial charge in [0.25, 0.3) is 0 Å². The van der Waals surface area contributed by atoms with Crippen molar-refractivity contribution in [2.45, 2.75) is 399 Å². The van der Waals surface area contributed by atoms with Crippen molar-refractivity contribution in [1.82, 2.24) is 0 Å². The first kappa shape index (κ1) is 69.9. The van der Waals surface area contributed by atoms with Crippen LogP contribution in [0.15, 0.2) is 0 Å². The number of ether oxygens (including phenoxy) is 2. The van der Waals surface area contributed by atoms with Crippen LogP contribution in [0.1, 0.15) is 393 Å². The van der Waals surface area contributed by atoms with Crippen molar-refractivity contribution in [2.75, 3.05) is 13.2 Å². The molecule has 0 aromatic rings. The molecule has 1 unspecified atom stereocenters. The van der Waals surface area contributed by atoms with E-state index >= 15 is 0 Å². The number of aliphatic hydroxyl groups excluding tert-OH is 1. The third-order valence-corrected chi connectivity index (χ3v) is 15.7. The zero-order chi connectivity index (χ0) is 51.3. The molecule has 0 aromatic carbocycles. The number of carbonyl (C=O) groups excluding carboxylic acids is 2. The molecular formula is C66H130O5. The summed E-state index contributed by atoms with van der Waals surface area (Å²) in [5, 5.41) is 9.66. The number of aliphatic hydroxyl groups is 1. The lowest BCUT2D eigenvalue weighted by Crippen LogP contribution is -2.28. The minimum absolute atomic E-state index is 0.0558. The van der Waals surface area contributed by atoms with E-state index in [1.165, 1.54) is 334 Å². The molecule has 0 aliphatic carbocycles. The van der Waals surface area contributed by atoms with E-state index in [-0.39, 0.29) is 25.2 Å². The maximum atomic E-state index is 12.3. The van der Waals surface area contributed by atoms with Crippen LogP contribution in [0.4, 0.5) is 0 Å². The van der Waals surface area contributed by atoms with Crippen LogP contribution in [0.25, 0.3) is 0 Å². The fraction of sp³-hybridized carbons (Fsp3) is 0.970. The number of esters is 2. The summed E-state index contributed by atoms with van der Waals surface area (Å²) in [5.74, 6) is -0.562. The van der Waals surface area contributed by atoms with Crippen LogP contribution in [0.3, 0.4) is 0 Å². The van der Waals surface area contributed by atoms with E-state index in [4.69, 9.17) is 9.47 Å². The summed E-state index contributed by atoms with van der Waals surface area (Å²) in [6, 6.07) is 0. The molecule has 0 amide bonds. The summed E-state index contributed by atoms with van der Waals surface area (Å²) in [4.78, 5) is 24.5. The van der Waals surface area contributed by atoms with Crippen LogP contribution >= 0.6 is 0 Å². The largest absolute Gasteiger partial charge is 0.462 e. The summed E-state index contributed by atoms with van der Waals surface area (Å²) < 4.78 is 10.7. The average Bonchev–Trinajstić information content (AvgIpc) is 3.37. The Hall–Kier alpha value is -1.10. The standard InChI is InChI=1S/C66H130O5/c1-3-5-7-9-11-13-15-17-19-21-22-23-24-25-26-27-28-29-30-31-32-33-34-35-36-37-38-39-40-41-42-43-45-47-49-51-53-55-57-59-61-66(69)71-64(62-67)63-70-65(68)60-58-56-54-52-50-48-46-44-20-18-16-14-12-10-8-6-4-2/h64,67H,3-63H2,1-2H3. The summed E-state index contributed by atoms with van der Waals surface area (Å²) in [7, 11) is 0. The molecule has 424 valence electrons. The second kappa shape index (κ2) is 63.2. The molecule has 0 aliphatic rings. The van der Waals surface area contributed by atoms with Crippen molar-refractivity contribution in [3.8, 4) is 0 Å². The Morgan fingerprint density at radius 2 is 0.437 bits per heavy atom. The summed E-state index contributed by atoms with van der Waals surface area (Å²) in [5.41, 5.74) is 0. The first-order valence-corrected chi connectivity index (χ1v) is 33.1. The summed E-state index contributed by atoms with van der Waals surface area (Å²) >= 11 is 0. The quantitative estimate of drug-likeness (QED) is 0.0485. The van der Waals surface area contributed by atoms with E-state index in [2.05, 4.69) is 13.8 Å². The predicted molar refractivity (Wildman–Crippen MR) is 312 cm³/mol.